The third-order valence-corrected chi connectivity index (χ3v) is 3.53. The molecule has 1 atom stereocenters. The normalized spacial score (nSPS) is 14.1. The van der Waals surface area contributed by atoms with Gasteiger partial charge in [0.05, 0.1) is 17.7 Å². The molecule has 0 aliphatic heterocycles. The van der Waals surface area contributed by atoms with Crippen molar-refractivity contribution in [2.45, 2.75) is 18.7 Å². The largest absolute Gasteiger partial charge is 0.416 e. The fraction of sp³-hybridized carbons (Fsp3) is 0.235. The minimum Gasteiger partial charge on any atom is -0.384 e. The van der Waals surface area contributed by atoms with Gasteiger partial charge in [-0.25, -0.2) is 4.39 Å². The zero-order valence-corrected chi connectivity index (χ0v) is 12.7. The van der Waals surface area contributed by atoms with E-state index in [1.165, 1.54) is 6.92 Å². The second-order valence-corrected chi connectivity index (χ2v) is 5.51. The molecule has 7 heteroatoms. The summed E-state index contributed by atoms with van der Waals surface area (Å²) in [6.07, 6.45) is -4.68. The minimum atomic E-state index is -4.68. The maximum absolute atomic E-state index is 13.7. The Balaban J connectivity index is 2.16. The highest BCUT2D eigenvalue weighted by Gasteiger charge is 2.32. The monoisotopic (exact) mass is 341 g/mol. The minimum absolute atomic E-state index is 0.286. The summed E-state index contributed by atoms with van der Waals surface area (Å²) in [5.41, 5.74) is -2.79. The highest BCUT2D eigenvalue weighted by atomic mass is 19.4. The fourth-order valence-corrected chi connectivity index (χ4v) is 2.12. The molecule has 0 spiro atoms. The summed E-state index contributed by atoms with van der Waals surface area (Å²) in [5, 5.41) is 12.6. The Morgan fingerprint density at radius 2 is 1.71 bits per heavy atom. The molecule has 0 heterocycles. The molecule has 0 saturated heterocycles. The van der Waals surface area contributed by atoms with Gasteiger partial charge in [0, 0.05) is 0 Å². The molecule has 1 unspecified atom stereocenters. The van der Waals surface area contributed by atoms with Crippen LogP contribution < -0.4 is 5.32 Å². The van der Waals surface area contributed by atoms with E-state index in [9.17, 15) is 27.5 Å². The highest BCUT2D eigenvalue weighted by molar-refractivity contribution is 5.94. The first-order valence-electron chi connectivity index (χ1n) is 7.04. The number of carbonyl (C=O) groups excluding carboxylic acids is 1. The number of hydrogen-bond donors (Lipinski definition) is 2. The van der Waals surface area contributed by atoms with Crippen molar-refractivity contribution < 1.29 is 27.5 Å². The van der Waals surface area contributed by atoms with Crippen LogP contribution in [-0.2, 0) is 11.8 Å². The number of benzene rings is 2. The van der Waals surface area contributed by atoms with E-state index in [4.69, 9.17) is 0 Å². The van der Waals surface area contributed by atoms with E-state index < -0.39 is 34.6 Å². The second-order valence-electron chi connectivity index (χ2n) is 5.51. The lowest BCUT2D eigenvalue weighted by Gasteiger charge is -2.24. The molecule has 0 saturated carbocycles. The summed E-state index contributed by atoms with van der Waals surface area (Å²) in [5.74, 6) is -2.10. The molecule has 24 heavy (non-hydrogen) atoms. The van der Waals surface area contributed by atoms with Crippen LogP contribution >= 0.6 is 0 Å². The third kappa shape index (κ3) is 4.11. The Kier molecular flexibility index (Phi) is 4.94. The van der Waals surface area contributed by atoms with Gasteiger partial charge in [-0.2, -0.15) is 13.2 Å². The summed E-state index contributed by atoms with van der Waals surface area (Å²) < 4.78 is 51.7. The van der Waals surface area contributed by atoms with Crippen LogP contribution in [0, 0.1) is 5.82 Å². The molecule has 3 nitrogen and oxygen atoms in total. The smallest absolute Gasteiger partial charge is 0.384 e. The maximum atomic E-state index is 13.7. The van der Waals surface area contributed by atoms with Gasteiger partial charge in [0.1, 0.15) is 11.4 Å². The Morgan fingerprint density at radius 3 is 2.29 bits per heavy atom. The molecule has 0 bridgehead atoms. The molecule has 2 rings (SSSR count). The molecule has 0 aromatic heterocycles. The molecule has 0 aliphatic rings. The summed E-state index contributed by atoms with van der Waals surface area (Å²) in [7, 11) is 0. The summed E-state index contributed by atoms with van der Waals surface area (Å²) in [6.45, 7) is 1.15. The van der Waals surface area contributed by atoms with Crippen molar-refractivity contribution in [3.05, 3.63) is 71.0 Å². The number of amides is 1. The molecule has 1 amide bonds. The van der Waals surface area contributed by atoms with Crippen molar-refractivity contribution in [3.8, 4) is 0 Å². The van der Waals surface area contributed by atoms with Crippen LogP contribution in [0.4, 0.5) is 17.6 Å². The summed E-state index contributed by atoms with van der Waals surface area (Å²) in [6, 6.07) is 10.0. The van der Waals surface area contributed by atoms with Gasteiger partial charge in [-0.1, -0.05) is 30.3 Å². The topological polar surface area (TPSA) is 49.3 Å². The van der Waals surface area contributed by atoms with Crippen molar-refractivity contribution in [2.75, 3.05) is 6.54 Å². The first-order valence-corrected chi connectivity index (χ1v) is 7.04. The number of aliphatic hydroxyl groups is 1. The second kappa shape index (κ2) is 6.60. The molecule has 2 N–H and O–H groups in total. The van der Waals surface area contributed by atoms with Gasteiger partial charge in [0.2, 0.25) is 0 Å². The quantitative estimate of drug-likeness (QED) is 0.837. The molecule has 2 aromatic rings. The summed E-state index contributed by atoms with van der Waals surface area (Å²) >= 11 is 0. The number of halogens is 4. The standard InChI is InChI=1S/C17H15F4NO2/c1-16(24,11-5-3-2-4-6-11)10-22-15(23)13-9-12(17(19,20)21)7-8-14(13)18/h2-9,24H,10H2,1H3,(H,22,23). The maximum Gasteiger partial charge on any atom is 0.416 e. The summed E-state index contributed by atoms with van der Waals surface area (Å²) in [4.78, 5) is 12.0. The third-order valence-electron chi connectivity index (χ3n) is 3.53. The van der Waals surface area contributed by atoms with E-state index in [1.54, 1.807) is 30.3 Å². The fourth-order valence-electron chi connectivity index (χ4n) is 2.12. The lowest BCUT2D eigenvalue weighted by molar-refractivity contribution is -0.137. The average molecular weight is 341 g/mol. The molecule has 128 valence electrons. The van der Waals surface area contributed by atoms with Crippen LogP contribution in [0.5, 0.6) is 0 Å². The number of alkyl halides is 3. The van der Waals surface area contributed by atoms with Gasteiger partial charge < -0.3 is 10.4 Å². The van der Waals surface area contributed by atoms with Crippen molar-refractivity contribution >= 4 is 5.91 Å². The predicted octanol–water partition coefficient (Wildman–Crippen LogP) is 3.48. The number of nitrogens with one attached hydrogen (secondary N) is 1. The van der Waals surface area contributed by atoms with Gasteiger partial charge in [-0.3, -0.25) is 4.79 Å². The predicted molar refractivity (Wildman–Crippen MR) is 79.7 cm³/mol. The van der Waals surface area contributed by atoms with Crippen molar-refractivity contribution in [2.24, 2.45) is 0 Å². The molecular weight excluding hydrogens is 326 g/mol. The van der Waals surface area contributed by atoms with Gasteiger partial charge in [-0.05, 0) is 30.7 Å². The first-order chi connectivity index (χ1) is 11.1. The van der Waals surface area contributed by atoms with Crippen LogP contribution in [0.1, 0.15) is 28.4 Å². The van der Waals surface area contributed by atoms with Crippen LogP contribution in [0.2, 0.25) is 0 Å². The van der Waals surface area contributed by atoms with Crippen molar-refractivity contribution in [1.29, 1.82) is 0 Å². The van der Waals surface area contributed by atoms with Crippen molar-refractivity contribution in [3.63, 3.8) is 0 Å². The zero-order chi connectivity index (χ0) is 18.0. The Labute approximate surface area is 135 Å². The number of carbonyl (C=O) groups is 1. The van der Waals surface area contributed by atoms with Crippen molar-refractivity contribution in [1.82, 2.24) is 5.32 Å². The first kappa shape index (κ1) is 17.9. The molecule has 0 fully saturated rings. The van der Waals surface area contributed by atoms with E-state index in [0.29, 0.717) is 23.8 Å². The van der Waals surface area contributed by atoms with Gasteiger partial charge in [0.15, 0.2) is 0 Å². The van der Waals surface area contributed by atoms with Gasteiger partial charge in [-0.15, -0.1) is 0 Å². The van der Waals surface area contributed by atoms with E-state index in [2.05, 4.69) is 5.32 Å². The Bertz CT molecular complexity index is 727. The SMILES string of the molecule is CC(O)(CNC(=O)c1cc(C(F)(F)F)ccc1F)c1ccccc1. The Hall–Kier alpha value is -2.41. The van der Waals surface area contributed by atoms with Gasteiger partial charge in [0.25, 0.3) is 5.91 Å². The highest BCUT2D eigenvalue weighted by Crippen LogP contribution is 2.30. The van der Waals surface area contributed by atoms with E-state index in [1.807, 2.05) is 0 Å². The molecular formula is C17H15F4NO2. The van der Waals surface area contributed by atoms with Gasteiger partial charge >= 0.3 is 6.18 Å². The van der Waals surface area contributed by atoms with Crippen LogP contribution in [0.3, 0.4) is 0 Å². The van der Waals surface area contributed by atoms with E-state index in [-0.39, 0.29) is 6.54 Å². The Morgan fingerprint density at radius 1 is 1.08 bits per heavy atom. The van der Waals surface area contributed by atoms with Crippen LogP contribution in [-0.4, -0.2) is 17.6 Å². The molecule has 0 radical (unpaired) electrons. The number of rotatable bonds is 4. The molecule has 0 aliphatic carbocycles. The zero-order valence-electron chi connectivity index (χ0n) is 12.7. The lowest BCUT2D eigenvalue weighted by Crippen LogP contribution is -2.39. The number of hydrogen-bond acceptors (Lipinski definition) is 2. The molecule has 2 aromatic carbocycles. The van der Waals surface area contributed by atoms with E-state index in [0.717, 1.165) is 0 Å². The van der Waals surface area contributed by atoms with Crippen LogP contribution in [0.25, 0.3) is 0 Å². The lowest BCUT2D eigenvalue weighted by atomic mass is 9.96. The van der Waals surface area contributed by atoms with E-state index >= 15 is 0 Å². The average Bonchev–Trinajstić information content (AvgIpc) is 2.53. The van der Waals surface area contributed by atoms with Crippen LogP contribution in [0.15, 0.2) is 48.5 Å².